The number of ether oxygens (including phenoxy) is 3. The molecule has 4 aromatic rings. The van der Waals surface area contributed by atoms with E-state index in [0.717, 1.165) is 0 Å². The number of nitrogens with one attached hydrogen (secondary N) is 2. The number of anilines is 2. The summed E-state index contributed by atoms with van der Waals surface area (Å²) in [4.78, 5) is 38.5. The Labute approximate surface area is 272 Å². The van der Waals surface area contributed by atoms with Gasteiger partial charge in [-0.1, -0.05) is 13.8 Å². The molecule has 0 bridgehead atoms. The van der Waals surface area contributed by atoms with Crippen molar-refractivity contribution < 1.29 is 44.5 Å². The van der Waals surface area contributed by atoms with E-state index < -0.39 is 74.3 Å². The Morgan fingerprint density at radius 2 is 1.35 bits per heavy atom. The van der Waals surface area contributed by atoms with Crippen molar-refractivity contribution in [2.24, 2.45) is 11.7 Å². The topological polar surface area (TPSA) is 283 Å². The third-order valence-corrected chi connectivity index (χ3v) is 8.26. The Balaban J connectivity index is 1.10. The second-order valence-corrected chi connectivity index (χ2v) is 12.1. The van der Waals surface area contributed by atoms with E-state index in [1.165, 1.54) is 34.4 Å². The number of carbonyl (C=O) groups excluding carboxylic acids is 1. The van der Waals surface area contributed by atoms with Gasteiger partial charge in [0.25, 0.3) is 0 Å². The minimum absolute atomic E-state index is 0.161. The minimum atomic E-state index is -1.34. The van der Waals surface area contributed by atoms with Crippen LogP contribution in [0.5, 0.6) is 0 Å². The lowest BCUT2D eigenvalue weighted by atomic mass is 10.0. The Bertz CT molecular complexity index is 1720. The van der Waals surface area contributed by atoms with Crippen molar-refractivity contribution in [3.8, 4) is 0 Å². The SMILES string of the molecule is CC(C)C[C@H](N)C(=O)O[C@H]1[C@@H](O)[C@H](n2cnc3c(NCCNc4ncnc5c4ncn5[C@@H]4O[C@H](CO)[C@@H](O)[C@H]4O)ncnc32)O[C@@H]1CO. The molecule has 20 nitrogen and oxygen atoms in total. The second-order valence-electron chi connectivity index (χ2n) is 12.1. The fourth-order valence-corrected chi connectivity index (χ4v) is 5.87. The maximum Gasteiger partial charge on any atom is 0.323 e. The van der Waals surface area contributed by atoms with E-state index in [0.29, 0.717) is 53.5 Å². The average molecular weight is 674 g/mol. The highest BCUT2D eigenvalue weighted by Gasteiger charge is 2.48. The molecule has 20 heteroatoms. The van der Waals surface area contributed by atoms with Crippen LogP contribution in [0, 0.1) is 5.92 Å². The zero-order valence-corrected chi connectivity index (χ0v) is 26.1. The molecule has 6 heterocycles. The zero-order chi connectivity index (χ0) is 34.1. The van der Waals surface area contributed by atoms with Gasteiger partial charge < -0.3 is 56.1 Å². The van der Waals surface area contributed by atoms with Gasteiger partial charge in [-0.15, -0.1) is 0 Å². The van der Waals surface area contributed by atoms with Crippen LogP contribution in [0.3, 0.4) is 0 Å². The van der Waals surface area contributed by atoms with Crippen molar-refractivity contribution in [1.82, 2.24) is 39.0 Å². The molecule has 0 unspecified atom stereocenters. The third-order valence-electron chi connectivity index (χ3n) is 8.26. The smallest absolute Gasteiger partial charge is 0.323 e. The monoisotopic (exact) mass is 673 g/mol. The molecule has 2 aliphatic rings. The normalized spacial score (nSPS) is 28.0. The van der Waals surface area contributed by atoms with Crippen molar-refractivity contribution in [1.29, 1.82) is 0 Å². The first-order chi connectivity index (χ1) is 23.1. The molecule has 260 valence electrons. The number of aliphatic hydroxyl groups is 5. The maximum atomic E-state index is 12.6. The number of carbonyl (C=O) groups is 1. The summed E-state index contributed by atoms with van der Waals surface area (Å²) in [5, 5.41) is 57.4. The number of aromatic nitrogens is 8. The third kappa shape index (κ3) is 6.35. The van der Waals surface area contributed by atoms with Crippen LogP contribution in [0.1, 0.15) is 32.7 Å². The van der Waals surface area contributed by atoms with E-state index in [9.17, 15) is 30.3 Å². The summed E-state index contributed by atoms with van der Waals surface area (Å²) >= 11 is 0. The van der Waals surface area contributed by atoms with Gasteiger partial charge >= 0.3 is 5.97 Å². The molecule has 0 aromatic carbocycles. The lowest BCUT2D eigenvalue weighted by Gasteiger charge is -2.22. The Morgan fingerprint density at radius 1 is 0.833 bits per heavy atom. The van der Waals surface area contributed by atoms with E-state index in [4.69, 9.17) is 19.9 Å². The molecule has 0 aliphatic carbocycles. The summed E-state index contributed by atoms with van der Waals surface area (Å²) in [5.74, 6) is 0.280. The molecule has 0 amide bonds. The van der Waals surface area contributed by atoms with E-state index in [1.807, 2.05) is 13.8 Å². The van der Waals surface area contributed by atoms with Crippen LogP contribution in [0.4, 0.5) is 11.6 Å². The molecule has 9 atom stereocenters. The molecule has 9 N–H and O–H groups in total. The maximum absolute atomic E-state index is 12.6. The predicted octanol–water partition coefficient (Wildman–Crippen LogP) is -2.36. The average Bonchev–Trinajstić information content (AvgIpc) is 3.84. The Hall–Kier alpha value is -4.15. The largest absolute Gasteiger partial charge is 0.455 e. The molecule has 2 aliphatic heterocycles. The molecule has 48 heavy (non-hydrogen) atoms. The van der Waals surface area contributed by atoms with Crippen molar-refractivity contribution in [3.63, 3.8) is 0 Å². The molecular weight excluding hydrogens is 634 g/mol. The summed E-state index contributed by atoms with van der Waals surface area (Å²) in [6.07, 6.45) is -3.19. The number of nitrogens with zero attached hydrogens (tertiary/aromatic N) is 8. The van der Waals surface area contributed by atoms with Crippen molar-refractivity contribution in [2.45, 2.75) is 75.4 Å². The first kappa shape index (κ1) is 33.7. The molecule has 0 radical (unpaired) electrons. The van der Waals surface area contributed by atoms with Crippen molar-refractivity contribution in [2.75, 3.05) is 36.9 Å². The van der Waals surface area contributed by atoms with Crippen molar-refractivity contribution in [3.05, 3.63) is 25.3 Å². The first-order valence-electron chi connectivity index (χ1n) is 15.5. The first-order valence-corrected chi connectivity index (χ1v) is 15.5. The number of aliphatic hydroxyl groups excluding tert-OH is 5. The van der Waals surface area contributed by atoms with Gasteiger partial charge in [-0.05, 0) is 12.3 Å². The van der Waals surface area contributed by atoms with Gasteiger partial charge in [-0.3, -0.25) is 13.9 Å². The number of fused-ring (bicyclic) bond motifs is 2. The predicted molar refractivity (Wildman–Crippen MR) is 165 cm³/mol. The van der Waals surface area contributed by atoms with Crippen LogP contribution in [0.25, 0.3) is 22.3 Å². The summed E-state index contributed by atoms with van der Waals surface area (Å²) < 4.78 is 19.9. The number of esters is 1. The standard InChI is InChI=1S/C28H39N11O9/c1-12(2)5-13(29)28(45)48-21-15(7-41)47-27(20(21)44)39-11-37-17-23(33-9-35-25(17)39)31-4-3-30-22-16-24(34-8-32-22)38(10-36-16)26-19(43)18(42)14(6-40)46-26/h8-15,18-21,26-27,40-44H,3-7,29H2,1-2H3,(H,30,32,34)(H,31,33,35)/t13-,14+,15+,18+,19+,20+,21+,26+,27+/m0/s1. The van der Waals surface area contributed by atoms with Crippen LogP contribution in [0.15, 0.2) is 25.3 Å². The van der Waals surface area contributed by atoms with Crippen LogP contribution >= 0.6 is 0 Å². The van der Waals surface area contributed by atoms with Gasteiger partial charge in [0.05, 0.1) is 25.9 Å². The number of hydrogen-bond donors (Lipinski definition) is 8. The number of imidazole rings is 2. The minimum Gasteiger partial charge on any atom is -0.455 e. The molecule has 6 rings (SSSR count). The summed E-state index contributed by atoms with van der Waals surface area (Å²) in [7, 11) is 0. The Kier molecular flexibility index (Phi) is 9.94. The summed E-state index contributed by atoms with van der Waals surface area (Å²) in [5.41, 5.74) is 7.43. The molecular formula is C28H39N11O9. The molecule has 2 fully saturated rings. The molecule has 4 aromatic heterocycles. The number of rotatable bonds is 13. The van der Waals surface area contributed by atoms with Gasteiger partial charge in [0.1, 0.15) is 49.2 Å². The highest BCUT2D eigenvalue weighted by Crippen LogP contribution is 2.35. The molecule has 0 saturated carbocycles. The highest BCUT2D eigenvalue weighted by atomic mass is 16.6. The van der Waals surface area contributed by atoms with E-state index >= 15 is 0 Å². The summed E-state index contributed by atoms with van der Waals surface area (Å²) in [6.45, 7) is 3.59. The van der Waals surface area contributed by atoms with Crippen LogP contribution in [-0.4, -0.2) is 140 Å². The zero-order valence-electron chi connectivity index (χ0n) is 26.1. The highest BCUT2D eigenvalue weighted by molar-refractivity contribution is 5.84. The van der Waals surface area contributed by atoms with E-state index in [-0.39, 0.29) is 5.92 Å². The quantitative estimate of drug-likeness (QED) is 0.0544. The fourth-order valence-electron chi connectivity index (χ4n) is 5.87. The lowest BCUT2D eigenvalue weighted by molar-refractivity contribution is -0.158. The molecule has 0 spiro atoms. The van der Waals surface area contributed by atoms with Crippen LogP contribution < -0.4 is 16.4 Å². The number of nitrogens with two attached hydrogens (primary N) is 1. The lowest BCUT2D eigenvalue weighted by Crippen LogP contribution is -2.43. The molecule has 2 saturated heterocycles. The van der Waals surface area contributed by atoms with Gasteiger partial charge in [0, 0.05) is 13.1 Å². The van der Waals surface area contributed by atoms with E-state index in [2.05, 4.69) is 40.5 Å². The fraction of sp³-hybridized carbons (Fsp3) is 0.607. The second kappa shape index (κ2) is 14.1. The number of hydrogen-bond acceptors (Lipinski definition) is 18. The van der Waals surface area contributed by atoms with Gasteiger partial charge in [0.15, 0.2) is 52.5 Å². The van der Waals surface area contributed by atoms with Gasteiger partial charge in [-0.2, -0.15) is 0 Å². The Morgan fingerprint density at radius 3 is 1.85 bits per heavy atom. The van der Waals surface area contributed by atoms with Gasteiger partial charge in [-0.25, -0.2) is 29.9 Å². The summed E-state index contributed by atoms with van der Waals surface area (Å²) in [6, 6.07) is -0.880. The van der Waals surface area contributed by atoms with E-state index in [1.54, 1.807) is 0 Å². The van der Waals surface area contributed by atoms with Crippen LogP contribution in [-0.2, 0) is 19.0 Å². The van der Waals surface area contributed by atoms with Gasteiger partial charge in [0.2, 0.25) is 0 Å². The van der Waals surface area contributed by atoms with Crippen LogP contribution in [0.2, 0.25) is 0 Å². The van der Waals surface area contributed by atoms with Crippen molar-refractivity contribution >= 4 is 39.9 Å².